The summed E-state index contributed by atoms with van der Waals surface area (Å²) >= 11 is 1.10. The van der Waals surface area contributed by atoms with Crippen LogP contribution in [0.4, 0.5) is 5.13 Å². The van der Waals surface area contributed by atoms with E-state index >= 15 is 0 Å². The van der Waals surface area contributed by atoms with Crippen LogP contribution in [0.3, 0.4) is 0 Å². The molecule has 2 heterocycles. The number of thiazole rings is 1. The Morgan fingerprint density at radius 2 is 1.87 bits per heavy atom. The normalized spacial score (nSPS) is 10.6. The van der Waals surface area contributed by atoms with E-state index in [0.717, 1.165) is 28.2 Å². The van der Waals surface area contributed by atoms with E-state index in [0.29, 0.717) is 15.7 Å². The minimum Gasteiger partial charge on any atom is -0.462 e. The van der Waals surface area contributed by atoms with Crippen LogP contribution in [0.1, 0.15) is 22.2 Å². The van der Waals surface area contributed by atoms with Gasteiger partial charge in [0.15, 0.2) is 5.13 Å². The molecule has 2 aromatic heterocycles. The van der Waals surface area contributed by atoms with E-state index in [4.69, 9.17) is 4.74 Å². The second-order valence-electron chi connectivity index (χ2n) is 6.43. The van der Waals surface area contributed by atoms with E-state index in [-0.39, 0.29) is 18.9 Å². The Bertz CT molecular complexity index is 1170. The van der Waals surface area contributed by atoms with Crippen LogP contribution in [0.15, 0.2) is 60.9 Å². The third kappa shape index (κ3) is 4.81. The number of carbonyl (C=O) groups is 2. The number of hydrogen-bond donors (Lipinski definition) is 1. The van der Waals surface area contributed by atoms with Crippen LogP contribution in [0.25, 0.3) is 16.9 Å². The summed E-state index contributed by atoms with van der Waals surface area (Å²) in [6.07, 6.45) is 1.65. The number of aromatic nitrogens is 5. The van der Waals surface area contributed by atoms with Gasteiger partial charge in [-0.15, -0.1) is 5.10 Å². The van der Waals surface area contributed by atoms with Gasteiger partial charge in [-0.2, -0.15) is 0 Å². The fraction of sp³-hybridized carbons (Fsp3) is 0.143. The van der Waals surface area contributed by atoms with Gasteiger partial charge in [0.2, 0.25) is 5.91 Å². The van der Waals surface area contributed by atoms with Crippen molar-refractivity contribution in [3.8, 4) is 16.9 Å². The highest BCUT2D eigenvalue weighted by atomic mass is 32.1. The Labute approximate surface area is 181 Å². The second kappa shape index (κ2) is 9.26. The summed E-state index contributed by atoms with van der Waals surface area (Å²) in [5.41, 5.74) is 2.88. The monoisotopic (exact) mass is 434 g/mol. The topological polar surface area (TPSA) is 112 Å². The van der Waals surface area contributed by atoms with Crippen LogP contribution >= 0.6 is 11.3 Å². The number of amides is 1. The quantitative estimate of drug-likeness (QED) is 0.445. The second-order valence-corrected chi connectivity index (χ2v) is 7.43. The zero-order valence-electron chi connectivity index (χ0n) is 16.6. The smallest absolute Gasteiger partial charge is 0.350 e. The number of hydrogen-bond acceptors (Lipinski definition) is 8. The lowest BCUT2D eigenvalue weighted by Gasteiger charge is -2.04. The molecule has 0 radical (unpaired) electrons. The summed E-state index contributed by atoms with van der Waals surface area (Å²) in [5, 5.41) is 14.2. The molecule has 0 bridgehead atoms. The number of benzene rings is 2. The van der Waals surface area contributed by atoms with Crippen molar-refractivity contribution in [1.29, 1.82) is 0 Å². The van der Waals surface area contributed by atoms with Crippen LogP contribution < -0.4 is 5.32 Å². The Hall–Kier alpha value is -3.92. The van der Waals surface area contributed by atoms with E-state index in [1.807, 2.05) is 54.6 Å². The summed E-state index contributed by atoms with van der Waals surface area (Å²) in [4.78, 5) is 29.8. The van der Waals surface area contributed by atoms with Crippen molar-refractivity contribution in [2.24, 2.45) is 0 Å². The van der Waals surface area contributed by atoms with Gasteiger partial charge in [0.05, 0.1) is 24.4 Å². The zero-order valence-corrected chi connectivity index (χ0v) is 17.4. The summed E-state index contributed by atoms with van der Waals surface area (Å²) in [6.45, 7) is 2.00. The molecule has 0 fully saturated rings. The van der Waals surface area contributed by atoms with Gasteiger partial charge in [-0.3, -0.25) is 4.79 Å². The minimum atomic E-state index is -0.461. The molecule has 0 atom stereocenters. The Morgan fingerprint density at radius 3 is 2.55 bits per heavy atom. The number of nitrogens with one attached hydrogen (secondary N) is 1. The van der Waals surface area contributed by atoms with Crippen LogP contribution in [0.5, 0.6) is 0 Å². The number of ether oxygens (including phenoxy) is 1. The van der Waals surface area contributed by atoms with Crippen molar-refractivity contribution >= 4 is 28.3 Å². The molecule has 0 aliphatic heterocycles. The molecule has 1 amide bonds. The molecule has 4 rings (SSSR count). The molecule has 156 valence electrons. The average Bonchev–Trinajstić information content (AvgIpc) is 3.45. The van der Waals surface area contributed by atoms with Crippen LogP contribution in [-0.4, -0.2) is 43.7 Å². The maximum atomic E-state index is 12.5. The van der Waals surface area contributed by atoms with E-state index < -0.39 is 5.97 Å². The molecule has 1 N–H and O–H groups in total. The first kappa shape index (κ1) is 20.4. The molecule has 4 aromatic rings. The highest BCUT2D eigenvalue weighted by Crippen LogP contribution is 2.31. The largest absolute Gasteiger partial charge is 0.462 e. The lowest BCUT2D eigenvalue weighted by atomic mass is 10.1. The summed E-state index contributed by atoms with van der Waals surface area (Å²) in [7, 11) is 0. The standard InChI is InChI=1S/C21H18N6O3S/c1-2-30-20(29)19-18(15-6-4-3-5-7-15)24-21(31-19)23-17(28)12-14-8-10-16(11-9-14)27-13-22-25-26-27/h3-11,13H,2,12H2,1H3,(H,23,24,28). The molecule has 0 aliphatic rings. The van der Waals surface area contributed by atoms with Crippen molar-refractivity contribution in [3.63, 3.8) is 0 Å². The molecule has 0 saturated carbocycles. The molecule has 10 heteroatoms. The van der Waals surface area contributed by atoms with Crippen molar-refractivity contribution in [3.05, 3.63) is 71.4 Å². The highest BCUT2D eigenvalue weighted by molar-refractivity contribution is 7.18. The van der Waals surface area contributed by atoms with Gasteiger partial charge in [0.25, 0.3) is 0 Å². The van der Waals surface area contributed by atoms with Gasteiger partial charge < -0.3 is 10.1 Å². The number of esters is 1. The molecular formula is C21H18N6O3S. The lowest BCUT2D eigenvalue weighted by molar-refractivity contribution is -0.115. The maximum Gasteiger partial charge on any atom is 0.350 e. The first-order chi connectivity index (χ1) is 15.1. The van der Waals surface area contributed by atoms with Crippen molar-refractivity contribution < 1.29 is 14.3 Å². The third-order valence-corrected chi connectivity index (χ3v) is 5.25. The van der Waals surface area contributed by atoms with Crippen molar-refractivity contribution in [2.75, 3.05) is 11.9 Å². The molecule has 2 aromatic carbocycles. The SMILES string of the molecule is CCOC(=O)c1sc(NC(=O)Cc2ccc(-n3cnnn3)cc2)nc1-c1ccccc1. The molecule has 0 aliphatic carbocycles. The average molecular weight is 434 g/mol. The van der Waals surface area contributed by atoms with E-state index in [9.17, 15) is 9.59 Å². The summed E-state index contributed by atoms with van der Waals surface area (Å²) < 4.78 is 6.68. The number of rotatable bonds is 7. The van der Waals surface area contributed by atoms with E-state index in [1.165, 1.54) is 11.0 Å². The maximum absolute atomic E-state index is 12.5. The third-order valence-electron chi connectivity index (χ3n) is 4.30. The van der Waals surface area contributed by atoms with Crippen LogP contribution in [0, 0.1) is 0 Å². The van der Waals surface area contributed by atoms with E-state index in [1.54, 1.807) is 6.92 Å². The van der Waals surface area contributed by atoms with Gasteiger partial charge in [-0.1, -0.05) is 53.8 Å². The van der Waals surface area contributed by atoms with Crippen LogP contribution in [0.2, 0.25) is 0 Å². The predicted molar refractivity (Wildman–Crippen MR) is 115 cm³/mol. The molecule has 9 nitrogen and oxygen atoms in total. The fourth-order valence-corrected chi connectivity index (χ4v) is 3.79. The number of tetrazole rings is 1. The Balaban J connectivity index is 1.49. The Kier molecular flexibility index (Phi) is 6.08. The Morgan fingerprint density at radius 1 is 1.10 bits per heavy atom. The summed E-state index contributed by atoms with van der Waals surface area (Å²) in [5.74, 6) is -0.698. The molecule has 31 heavy (non-hydrogen) atoms. The van der Waals surface area contributed by atoms with E-state index in [2.05, 4.69) is 25.8 Å². The van der Waals surface area contributed by atoms with Crippen LogP contribution in [-0.2, 0) is 16.0 Å². The van der Waals surface area contributed by atoms with Crippen molar-refractivity contribution in [1.82, 2.24) is 25.2 Å². The zero-order chi connectivity index (χ0) is 21.6. The summed E-state index contributed by atoms with van der Waals surface area (Å²) in [6, 6.07) is 16.6. The first-order valence-corrected chi connectivity index (χ1v) is 10.3. The van der Waals surface area contributed by atoms with Gasteiger partial charge in [0.1, 0.15) is 11.2 Å². The number of anilines is 1. The fourth-order valence-electron chi connectivity index (χ4n) is 2.90. The van der Waals surface area contributed by atoms with Gasteiger partial charge in [0, 0.05) is 5.56 Å². The number of carbonyl (C=O) groups excluding carboxylic acids is 2. The van der Waals surface area contributed by atoms with Gasteiger partial charge in [-0.05, 0) is 35.0 Å². The first-order valence-electron chi connectivity index (χ1n) is 9.49. The van der Waals surface area contributed by atoms with Crippen molar-refractivity contribution in [2.45, 2.75) is 13.3 Å². The predicted octanol–water partition coefficient (Wildman–Crippen LogP) is 3.14. The molecule has 0 unspecified atom stereocenters. The number of nitrogens with zero attached hydrogens (tertiary/aromatic N) is 5. The molecule has 0 saturated heterocycles. The molecule has 0 spiro atoms. The van der Waals surface area contributed by atoms with Gasteiger partial charge >= 0.3 is 5.97 Å². The minimum absolute atomic E-state index is 0.158. The van der Waals surface area contributed by atoms with Gasteiger partial charge in [-0.25, -0.2) is 14.5 Å². The molecular weight excluding hydrogens is 416 g/mol. The lowest BCUT2D eigenvalue weighted by Crippen LogP contribution is -2.14. The highest BCUT2D eigenvalue weighted by Gasteiger charge is 2.21.